The maximum absolute atomic E-state index is 10.3. The maximum Gasteiger partial charge on any atom is 0.105 e. The van der Waals surface area contributed by atoms with E-state index in [4.69, 9.17) is 0 Å². The van der Waals surface area contributed by atoms with Gasteiger partial charge in [-0.15, -0.1) is 0 Å². The van der Waals surface area contributed by atoms with Crippen molar-refractivity contribution in [3.8, 4) is 0 Å². The summed E-state index contributed by atoms with van der Waals surface area (Å²) >= 11 is 0. The summed E-state index contributed by atoms with van der Waals surface area (Å²) in [5.41, 5.74) is -0.594. The van der Waals surface area contributed by atoms with Crippen LogP contribution < -0.4 is 5.32 Å². The summed E-state index contributed by atoms with van der Waals surface area (Å²) in [6.45, 7) is 4.31. The van der Waals surface area contributed by atoms with Crippen molar-refractivity contribution in [3.63, 3.8) is 0 Å². The number of hydrogen-bond donors (Lipinski definition) is 2. The third-order valence-electron chi connectivity index (χ3n) is 2.84. The standard InChI is InChI=1S/C10H17N3O/c1-9-12-5-6-13(9)8-10(14)3-2-4-11-7-10/h5-6,11,14H,2-4,7-8H2,1H3. The van der Waals surface area contributed by atoms with Crippen LogP contribution in [0.4, 0.5) is 0 Å². The van der Waals surface area contributed by atoms with Crippen molar-refractivity contribution in [3.05, 3.63) is 18.2 Å². The molecule has 78 valence electrons. The Kier molecular flexibility index (Phi) is 2.56. The molecule has 4 nitrogen and oxygen atoms in total. The van der Waals surface area contributed by atoms with Crippen LogP contribution in [0.25, 0.3) is 0 Å². The average Bonchev–Trinajstić information content (AvgIpc) is 2.52. The summed E-state index contributed by atoms with van der Waals surface area (Å²) in [5.74, 6) is 0.962. The number of piperidine rings is 1. The highest BCUT2D eigenvalue weighted by Crippen LogP contribution is 2.18. The van der Waals surface area contributed by atoms with Crippen molar-refractivity contribution >= 4 is 0 Å². The van der Waals surface area contributed by atoms with Crippen LogP contribution >= 0.6 is 0 Å². The van der Waals surface area contributed by atoms with Crippen LogP contribution in [0.3, 0.4) is 0 Å². The summed E-state index contributed by atoms with van der Waals surface area (Å²) in [6.07, 6.45) is 5.61. The number of nitrogens with one attached hydrogen (secondary N) is 1. The summed E-state index contributed by atoms with van der Waals surface area (Å²) in [6, 6.07) is 0. The monoisotopic (exact) mass is 195 g/mol. The van der Waals surface area contributed by atoms with E-state index in [1.807, 2.05) is 17.7 Å². The Morgan fingerprint density at radius 1 is 1.71 bits per heavy atom. The van der Waals surface area contributed by atoms with E-state index in [0.717, 1.165) is 25.2 Å². The van der Waals surface area contributed by atoms with Gasteiger partial charge in [0.1, 0.15) is 5.82 Å². The van der Waals surface area contributed by atoms with Crippen molar-refractivity contribution < 1.29 is 5.11 Å². The van der Waals surface area contributed by atoms with Crippen molar-refractivity contribution in [1.29, 1.82) is 0 Å². The second kappa shape index (κ2) is 3.71. The normalized spacial score (nSPS) is 27.9. The molecule has 1 aliphatic heterocycles. The highest BCUT2D eigenvalue weighted by Gasteiger charge is 2.29. The van der Waals surface area contributed by atoms with Crippen molar-refractivity contribution in [2.24, 2.45) is 0 Å². The molecule has 2 N–H and O–H groups in total. The molecule has 1 aromatic heterocycles. The van der Waals surface area contributed by atoms with Gasteiger partial charge in [-0.2, -0.15) is 0 Å². The van der Waals surface area contributed by atoms with Crippen molar-refractivity contribution in [2.75, 3.05) is 13.1 Å². The van der Waals surface area contributed by atoms with Crippen LogP contribution in [0, 0.1) is 6.92 Å². The zero-order valence-electron chi connectivity index (χ0n) is 8.53. The lowest BCUT2D eigenvalue weighted by molar-refractivity contribution is 0.000203. The van der Waals surface area contributed by atoms with Crippen LogP contribution in [-0.4, -0.2) is 33.3 Å². The molecule has 0 bridgehead atoms. The van der Waals surface area contributed by atoms with E-state index in [9.17, 15) is 5.11 Å². The highest BCUT2D eigenvalue weighted by molar-refractivity contribution is 4.94. The maximum atomic E-state index is 10.3. The van der Waals surface area contributed by atoms with Gasteiger partial charge in [-0.3, -0.25) is 0 Å². The first-order valence-corrected chi connectivity index (χ1v) is 5.10. The first-order chi connectivity index (χ1) is 6.70. The SMILES string of the molecule is Cc1nccn1CC1(O)CCCNC1. The number of hydrogen-bond acceptors (Lipinski definition) is 3. The molecule has 2 rings (SSSR count). The molecule has 0 radical (unpaired) electrons. The molecule has 0 aliphatic carbocycles. The Balaban J connectivity index is 2.05. The quantitative estimate of drug-likeness (QED) is 0.714. The fraction of sp³-hybridized carbons (Fsp3) is 0.700. The van der Waals surface area contributed by atoms with E-state index in [-0.39, 0.29) is 0 Å². The van der Waals surface area contributed by atoms with E-state index >= 15 is 0 Å². The van der Waals surface area contributed by atoms with E-state index in [0.29, 0.717) is 13.1 Å². The number of aryl methyl sites for hydroxylation is 1. The number of nitrogens with zero attached hydrogens (tertiary/aromatic N) is 2. The summed E-state index contributed by atoms with van der Waals surface area (Å²) < 4.78 is 2.01. The van der Waals surface area contributed by atoms with Gasteiger partial charge in [0, 0.05) is 18.9 Å². The van der Waals surface area contributed by atoms with Crippen LogP contribution in [0.2, 0.25) is 0 Å². The molecule has 1 fully saturated rings. The molecule has 4 heteroatoms. The van der Waals surface area contributed by atoms with Gasteiger partial charge in [0.2, 0.25) is 0 Å². The lowest BCUT2D eigenvalue weighted by Gasteiger charge is -2.33. The van der Waals surface area contributed by atoms with Gasteiger partial charge in [0.05, 0.1) is 12.1 Å². The Morgan fingerprint density at radius 3 is 3.14 bits per heavy atom. The molecule has 1 aliphatic rings. The molecule has 0 amide bonds. The van der Waals surface area contributed by atoms with Crippen LogP contribution in [0.5, 0.6) is 0 Å². The zero-order chi connectivity index (χ0) is 10.0. The van der Waals surface area contributed by atoms with Gasteiger partial charge in [0.15, 0.2) is 0 Å². The number of rotatable bonds is 2. The second-order valence-corrected chi connectivity index (χ2v) is 4.11. The van der Waals surface area contributed by atoms with Crippen molar-refractivity contribution in [2.45, 2.75) is 31.9 Å². The molecule has 1 atom stereocenters. The minimum Gasteiger partial charge on any atom is -0.387 e. The van der Waals surface area contributed by atoms with E-state index in [2.05, 4.69) is 10.3 Å². The lowest BCUT2D eigenvalue weighted by atomic mass is 9.94. The molecule has 1 unspecified atom stereocenters. The molecular weight excluding hydrogens is 178 g/mol. The second-order valence-electron chi connectivity index (χ2n) is 4.11. The summed E-state index contributed by atoms with van der Waals surface area (Å²) in [5, 5.41) is 13.5. The molecule has 0 spiro atoms. The van der Waals surface area contributed by atoms with Crippen LogP contribution in [-0.2, 0) is 6.54 Å². The molecular formula is C10H17N3O. The summed E-state index contributed by atoms with van der Waals surface area (Å²) in [4.78, 5) is 4.14. The largest absolute Gasteiger partial charge is 0.387 e. The molecule has 14 heavy (non-hydrogen) atoms. The number of aromatic nitrogens is 2. The minimum atomic E-state index is -0.594. The number of imidazole rings is 1. The van der Waals surface area contributed by atoms with E-state index < -0.39 is 5.60 Å². The predicted molar refractivity (Wildman–Crippen MR) is 54.0 cm³/mol. The van der Waals surface area contributed by atoms with Gasteiger partial charge in [-0.1, -0.05) is 0 Å². The fourth-order valence-corrected chi connectivity index (χ4v) is 1.97. The average molecular weight is 195 g/mol. The molecule has 1 aromatic rings. The first kappa shape index (κ1) is 9.68. The number of β-amino-alcohol motifs (C(OH)–C–C–N with tert-alkyl or cyclic N) is 1. The summed E-state index contributed by atoms with van der Waals surface area (Å²) in [7, 11) is 0. The van der Waals surface area contributed by atoms with Gasteiger partial charge in [-0.05, 0) is 26.3 Å². The topological polar surface area (TPSA) is 50.1 Å². The Hall–Kier alpha value is -0.870. The Bertz CT molecular complexity index is 302. The van der Waals surface area contributed by atoms with Gasteiger partial charge >= 0.3 is 0 Å². The van der Waals surface area contributed by atoms with Gasteiger partial charge in [-0.25, -0.2) is 4.98 Å². The van der Waals surface area contributed by atoms with Crippen LogP contribution in [0.15, 0.2) is 12.4 Å². The number of aliphatic hydroxyl groups is 1. The third-order valence-corrected chi connectivity index (χ3v) is 2.84. The Morgan fingerprint density at radius 2 is 2.57 bits per heavy atom. The zero-order valence-corrected chi connectivity index (χ0v) is 8.53. The first-order valence-electron chi connectivity index (χ1n) is 5.10. The smallest absolute Gasteiger partial charge is 0.105 e. The molecule has 2 heterocycles. The van der Waals surface area contributed by atoms with E-state index in [1.165, 1.54) is 0 Å². The molecule has 0 aromatic carbocycles. The third kappa shape index (κ3) is 1.96. The lowest BCUT2D eigenvalue weighted by Crippen LogP contribution is -2.48. The minimum absolute atomic E-state index is 0.594. The van der Waals surface area contributed by atoms with Gasteiger partial charge in [0.25, 0.3) is 0 Å². The predicted octanol–water partition coefficient (Wildman–Crippen LogP) is 0.306. The molecule has 1 saturated heterocycles. The van der Waals surface area contributed by atoms with E-state index in [1.54, 1.807) is 6.20 Å². The molecule has 0 saturated carbocycles. The highest BCUT2D eigenvalue weighted by atomic mass is 16.3. The van der Waals surface area contributed by atoms with Crippen molar-refractivity contribution in [1.82, 2.24) is 14.9 Å². The van der Waals surface area contributed by atoms with Gasteiger partial charge < -0.3 is 15.0 Å². The fourth-order valence-electron chi connectivity index (χ4n) is 1.97. The Labute approximate surface area is 84.0 Å². The van der Waals surface area contributed by atoms with Crippen LogP contribution in [0.1, 0.15) is 18.7 Å².